The summed E-state index contributed by atoms with van der Waals surface area (Å²) in [4.78, 5) is 17.2. The van der Waals surface area contributed by atoms with Gasteiger partial charge in [0.05, 0.1) is 18.0 Å². The monoisotopic (exact) mass is 369 g/mol. The van der Waals surface area contributed by atoms with Crippen LogP contribution in [-0.2, 0) is 4.74 Å². The van der Waals surface area contributed by atoms with E-state index in [0.717, 1.165) is 31.7 Å². The number of carbonyl (C=O) groups is 1. The fourth-order valence-electron chi connectivity index (χ4n) is 3.80. The van der Waals surface area contributed by atoms with Crippen LogP contribution in [0.5, 0.6) is 0 Å². The number of hydrogen-bond acceptors (Lipinski definition) is 4. The van der Waals surface area contributed by atoms with E-state index in [1.54, 1.807) is 10.9 Å². The predicted octanol–water partition coefficient (Wildman–Crippen LogP) is 2.59. The Morgan fingerprint density at radius 2 is 1.93 bits per heavy atom. The van der Waals surface area contributed by atoms with Crippen molar-refractivity contribution >= 4 is 11.8 Å². The molecule has 0 aliphatic carbocycles. The Labute approximate surface area is 159 Å². The number of anilines is 1. The number of rotatable bonds is 4. The van der Waals surface area contributed by atoms with Crippen molar-refractivity contribution in [1.29, 1.82) is 0 Å². The number of amides is 2. The van der Waals surface area contributed by atoms with Gasteiger partial charge in [-0.2, -0.15) is 5.10 Å². The van der Waals surface area contributed by atoms with Crippen LogP contribution in [0.15, 0.2) is 42.6 Å². The molecule has 0 bridgehead atoms. The zero-order chi connectivity index (χ0) is 18.5. The zero-order valence-electron chi connectivity index (χ0n) is 15.6. The molecular formula is C20H27N5O2. The molecule has 2 fully saturated rings. The number of aromatic nitrogens is 2. The van der Waals surface area contributed by atoms with Gasteiger partial charge in [0.2, 0.25) is 0 Å². The average Bonchev–Trinajstić information content (AvgIpc) is 3.31. The van der Waals surface area contributed by atoms with Crippen LogP contribution < -0.4 is 5.32 Å². The summed E-state index contributed by atoms with van der Waals surface area (Å²) in [5.74, 6) is 0.674. The SMILES string of the molecule is O=C(Nc1ccnn1-c1ccccc1)N1CCCO[C@@H](CN2CCCC2)C1. The zero-order valence-corrected chi connectivity index (χ0v) is 15.6. The van der Waals surface area contributed by atoms with Crippen LogP contribution in [0.2, 0.25) is 0 Å². The Morgan fingerprint density at radius 1 is 1.11 bits per heavy atom. The number of nitrogens with zero attached hydrogens (tertiary/aromatic N) is 4. The smallest absolute Gasteiger partial charge is 0.323 e. The maximum atomic E-state index is 12.9. The first-order chi connectivity index (χ1) is 13.3. The van der Waals surface area contributed by atoms with Crippen molar-refractivity contribution in [3.8, 4) is 5.69 Å². The second kappa shape index (κ2) is 8.54. The standard InChI is InChI=1S/C20H27N5O2/c26-20(22-19-9-10-21-25(19)17-7-2-1-3-8-17)24-13-6-14-27-18(16-24)15-23-11-4-5-12-23/h1-3,7-10,18H,4-6,11-16H2,(H,22,26)/t18-/m0/s1. The molecule has 4 rings (SSSR count). The van der Waals surface area contributed by atoms with Gasteiger partial charge in [0.15, 0.2) is 0 Å². The van der Waals surface area contributed by atoms with E-state index in [2.05, 4.69) is 15.3 Å². The lowest BCUT2D eigenvalue weighted by molar-refractivity contribution is 0.0355. The van der Waals surface area contributed by atoms with Crippen LogP contribution in [0, 0.1) is 0 Å². The largest absolute Gasteiger partial charge is 0.375 e. The predicted molar refractivity (Wildman–Crippen MR) is 104 cm³/mol. The lowest BCUT2D eigenvalue weighted by Gasteiger charge is -2.27. The lowest BCUT2D eigenvalue weighted by atomic mass is 10.3. The first-order valence-electron chi connectivity index (χ1n) is 9.79. The van der Waals surface area contributed by atoms with Gasteiger partial charge in [-0.3, -0.25) is 5.32 Å². The van der Waals surface area contributed by atoms with E-state index in [1.807, 2.05) is 41.3 Å². The molecule has 0 unspecified atom stereocenters. The molecule has 2 amide bonds. The normalized spacial score (nSPS) is 21.2. The number of nitrogens with one attached hydrogen (secondary N) is 1. The molecule has 1 aromatic heterocycles. The first kappa shape index (κ1) is 18.0. The van der Waals surface area contributed by atoms with Gasteiger partial charge >= 0.3 is 6.03 Å². The fraction of sp³-hybridized carbons (Fsp3) is 0.500. The van der Waals surface area contributed by atoms with E-state index in [-0.39, 0.29) is 12.1 Å². The van der Waals surface area contributed by atoms with Gasteiger partial charge in [0.1, 0.15) is 5.82 Å². The highest BCUT2D eigenvalue weighted by Crippen LogP contribution is 2.17. The average molecular weight is 369 g/mol. The molecule has 0 spiro atoms. The second-order valence-corrected chi connectivity index (χ2v) is 7.19. The summed E-state index contributed by atoms with van der Waals surface area (Å²) >= 11 is 0. The molecule has 1 N–H and O–H groups in total. The van der Waals surface area contributed by atoms with Crippen molar-refractivity contribution in [3.63, 3.8) is 0 Å². The van der Waals surface area contributed by atoms with E-state index in [9.17, 15) is 4.79 Å². The third-order valence-electron chi connectivity index (χ3n) is 5.18. The lowest BCUT2D eigenvalue weighted by Crippen LogP contribution is -2.43. The van der Waals surface area contributed by atoms with Gasteiger partial charge in [-0.1, -0.05) is 18.2 Å². The topological polar surface area (TPSA) is 62.6 Å². The van der Waals surface area contributed by atoms with Gasteiger partial charge in [0.25, 0.3) is 0 Å². The van der Waals surface area contributed by atoms with Gasteiger partial charge < -0.3 is 14.5 Å². The van der Waals surface area contributed by atoms with Crippen LogP contribution >= 0.6 is 0 Å². The number of hydrogen-bond donors (Lipinski definition) is 1. The Hall–Kier alpha value is -2.38. The van der Waals surface area contributed by atoms with Crippen molar-refractivity contribution in [2.24, 2.45) is 0 Å². The Kier molecular flexibility index (Phi) is 5.69. The van der Waals surface area contributed by atoms with Crippen LogP contribution in [0.1, 0.15) is 19.3 Å². The summed E-state index contributed by atoms with van der Waals surface area (Å²) in [6.07, 6.45) is 5.17. The molecule has 3 heterocycles. The maximum Gasteiger partial charge on any atom is 0.323 e. The van der Waals surface area contributed by atoms with E-state index in [4.69, 9.17) is 4.74 Å². The Balaban J connectivity index is 1.41. The van der Waals surface area contributed by atoms with Crippen LogP contribution in [0.3, 0.4) is 0 Å². The van der Waals surface area contributed by atoms with Gasteiger partial charge in [-0.05, 0) is 44.5 Å². The van der Waals surface area contributed by atoms with Crippen molar-refractivity contribution in [2.75, 3.05) is 44.6 Å². The second-order valence-electron chi connectivity index (χ2n) is 7.19. The molecule has 27 heavy (non-hydrogen) atoms. The number of urea groups is 1. The van der Waals surface area contributed by atoms with Crippen LogP contribution in [-0.4, -0.2) is 71.0 Å². The highest BCUT2D eigenvalue weighted by Gasteiger charge is 2.26. The molecule has 7 nitrogen and oxygen atoms in total. The van der Waals surface area contributed by atoms with Gasteiger partial charge in [0, 0.05) is 32.3 Å². The minimum absolute atomic E-state index is 0.0791. The third-order valence-corrected chi connectivity index (χ3v) is 5.18. The van der Waals surface area contributed by atoms with Gasteiger partial charge in [-0.25, -0.2) is 9.48 Å². The van der Waals surface area contributed by atoms with Crippen LogP contribution in [0.4, 0.5) is 10.6 Å². The number of carbonyl (C=O) groups excluding carboxylic acids is 1. The van der Waals surface area contributed by atoms with E-state index in [1.165, 1.54) is 12.8 Å². The van der Waals surface area contributed by atoms with Crippen molar-refractivity contribution in [3.05, 3.63) is 42.6 Å². The molecule has 2 aliphatic rings. The maximum absolute atomic E-state index is 12.9. The first-order valence-corrected chi connectivity index (χ1v) is 9.79. The van der Waals surface area contributed by atoms with E-state index < -0.39 is 0 Å². The summed E-state index contributed by atoms with van der Waals surface area (Å²) in [7, 11) is 0. The summed E-state index contributed by atoms with van der Waals surface area (Å²) in [5, 5.41) is 7.36. The summed E-state index contributed by atoms with van der Waals surface area (Å²) < 4.78 is 7.74. The summed E-state index contributed by atoms with van der Waals surface area (Å²) in [6.45, 7) is 5.24. The molecule has 1 aromatic carbocycles. The molecule has 144 valence electrons. The molecular weight excluding hydrogens is 342 g/mol. The van der Waals surface area contributed by atoms with Crippen molar-refractivity contribution in [2.45, 2.75) is 25.4 Å². The molecule has 0 saturated carbocycles. The highest BCUT2D eigenvalue weighted by atomic mass is 16.5. The van der Waals surface area contributed by atoms with Gasteiger partial charge in [-0.15, -0.1) is 0 Å². The molecule has 1 atom stereocenters. The summed E-state index contributed by atoms with van der Waals surface area (Å²) in [5.41, 5.74) is 0.920. The summed E-state index contributed by atoms with van der Waals surface area (Å²) in [6, 6.07) is 11.5. The minimum atomic E-state index is -0.0930. The minimum Gasteiger partial charge on any atom is -0.375 e. The molecule has 7 heteroatoms. The van der Waals surface area contributed by atoms with Crippen molar-refractivity contribution in [1.82, 2.24) is 19.6 Å². The van der Waals surface area contributed by atoms with E-state index in [0.29, 0.717) is 25.5 Å². The molecule has 2 aliphatic heterocycles. The Bertz CT molecular complexity index is 742. The number of benzene rings is 1. The Morgan fingerprint density at radius 3 is 2.74 bits per heavy atom. The van der Waals surface area contributed by atoms with E-state index >= 15 is 0 Å². The molecule has 2 aromatic rings. The number of likely N-dealkylation sites (tertiary alicyclic amines) is 1. The van der Waals surface area contributed by atoms with Crippen molar-refractivity contribution < 1.29 is 9.53 Å². The molecule has 2 saturated heterocycles. The third kappa shape index (κ3) is 4.48. The fourth-order valence-corrected chi connectivity index (χ4v) is 3.80. The quantitative estimate of drug-likeness (QED) is 0.900. The van der Waals surface area contributed by atoms with Crippen LogP contribution in [0.25, 0.3) is 5.69 Å². The highest BCUT2D eigenvalue weighted by molar-refractivity contribution is 5.88. The number of ether oxygens (including phenoxy) is 1. The molecule has 0 radical (unpaired) electrons. The number of para-hydroxylation sites is 1.